The van der Waals surface area contributed by atoms with E-state index in [0.717, 1.165) is 15.4 Å². The van der Waals surface area contributed by atoms with E-state index < -0.39 is 0 Å². The zero-order valence-corrected chi connectivity index (χ0v) is 13.0. The van der Waals surface area contributed by atoms with Gasteiger partial charge in [0.2, 0.25) is 5.95 Å². The van der Waals surface area contributed by atoms with E-state index in [1.807, 2.05) is 42.6 Å². The summed E-state index contributed by atoms with van der Waals surface area (Å²) in [6.07, 6.45) is 7.57. The molecule has 1 aliphatic rings. The number of nitrogens with one attached hydrogen (secondary N) is 1. The topological polar surface area (TPSA) is 61.6 Å². The molecular weight excluding hydrogens is 328 g/mol. The molecule has 5 heteroatoms. The zero-order chi connectivity index (χ0) is 14.8. The molecule has 2 aromatic rings. The molecule has 0 bridgehead atoms. The predicted molar refractivity (Wildman–Crippen MR) is 86.6 cm³/mol. The lowest BCUT2D eigenvalue weighted by Crippen LogP contribution is -2.27. The molecular formula is C16H13BrN4. The smallest absolute Gasteiger partial charge is 0.223 e. The second kappa shape index (κ2) is 5.66. The Kier molecular flexibility index (Phi) is 3.72. The van der Waals surface area contributed by atoms with Crippen LogP contribution in [0.5, 0.6) is 0 Å². The number of hydrogen-bond acceptors (Lipinski definition) is 4. The van der Waals surface area contributed by atoms with Gasteiger partial charge in [-0.05, 0) is 34.0 Å². The fraction of sp³-hybridized carbons (Fsp3) is 0.188. The van der Waals surface area contributed by atoms with Gasteiger partial charge in [-0.15, -0.1) is 0 Å². The van der Waals surface area contributed by atoms with Gasteiger partial charge in [-0.3, -0.25) is 0 Å². The standard InChI is InChI=1S/C16H13BrN4/c1-10-7-11(8-18)5-6-14(10)20-16-19-9-12-3-2-4-13(17)15(12)21-16/h2-7,9-10,14H,1H3,(H,19,20,21). The largest absolute Gasteiger partial charge is 0.347 e. The summed E-state index contributed by atoms with van der Waals surface area (Å²) in [7, 11) is 0. The van der Waals surface area contributed by atoms with Crippen molar-refractivity contribution >= 4 is 32.8 Å². The average Bonchev–Trinajstić information content (AvgIpc) is 2.50. The third-order valence-corrected chi connectivity index (χ3v) is 4.12. The number of hydrogen-bond donors (Lipinski definition) is 1. The molecule has 0 radical (unpaired) electrons. The van der Waals surface area contributed by atoms with Gasteiger partial charge >= 0.3 is 0 Å². The van der Waals surface area contributed by atoms with Crippen molar-refractivity contribution in [3.63, 3.8) is 0 Å². The SMILES string of the molecule is CC1C=C(C#N)C=CC1Nc1ncc2cccc(Br)c2n1. The number of halogens is 1. The zero-order valence-electron chi connectivity index (χ0n) is 11.4. The first-order valence-electron chi connectivity index (χ1n) is 6.65. The maximum absolute atomic E-state index is 8.91. The summed E-state index contributed by atoms with van der Waals surface area (Å²) in [5.41, 5.74) is 1.58. The van der Waals surface area contributed by atoms with Crippen LogP contribution in [-0.4, -0.2) is 16.0 Å². The molecule has 2 unspecified atom stereocenters. The van der Waals surface area contributed by atoms with Gasteiger partial charge in [0.1, 0.15) is 0 Å². The van der Waals surface area contributed by atoms with E-state index in [0.29, 0.717) is 11.5 Å². The number of benzene rings is 1. The van der Waals surface area contributed by atoms with Gasteiger partial charge in [0.15, 0.2) is 0 Å². The molecule has 4 nitrogen and oxygen atoms in total. The second-order valence-corrected chi connectivity index (χ2v) is 5.85. The third-order valence-electron chi connectivity index (χ3n) is 3.48. The van der Waals surface area contributed by atoms with Gasteiger partial charge in [-0.1, -0.05) is 31.2 Å². The molecule has 1 aromatic heterocycles. The van der Waals surface area contributed by atoms with Crippen molar-refractivity contribution in [1.82, 2.24) is 9.97 Å². The highest BCUT2D eigenvalue weighted by Gasteiger charge is 2.17. The van der Waals surface area contributed by atoms with E-state index in [1.165, 1.54) is 0 Å². The van der Waals surface area contributed by atoms with E-state index in [2.05, 4.69) is 44.2 Å². The summed E-state index contributed by atoms with van der Waals surface area (Å²) < 4.78 is 0.948. The van der Waals surface area contributed by atoms with E-state index in [4.69, 9.17) is 5.26 Å². The first kappa shape index (κ1) is 13.8. The number of allylic oxidation sites excluding steroid dienone is 2. The predicted octanol–water partition coefficient (Wildman–Crippen LogP) is 3.83. The number of rotatable bonds is 2. The summed E-state index contributed by atoms with van der Waals surface area (Å²) in [4.78, 5) is 8.91. The van der Waals surface area contributed by atoms with Crippen LogP contribution in [0, 0.1) is 17.2 Å². The lowest BCUT2D eigenvalue weighted by molar-refractivity contribution is 0.652. The Labute approximate surface area is 131 Å². The Balaban J connectivity index is 1.86. The summed E-state index contributed by atoms with van der Waals surface area (Å²) in [5.74, 6) is 0.799. The van der Waals surface area contributed by atoms with Gasteiger partial charge < -0.3 is 5.32 Å². The fourth-order valence-corrected chi connectivity index (χ4v) is 2.79. The third kappa shape index (κ3) is 2.81. The number of aromatic nitrogens is 2. The van der Waals surface area contributed by atoms with Gasteiger partial charge in [-0.2, -0.15) is 5.26 Å². The van der Waals surface area contributed by atoms with Crippen LogP contribution in [0.25, 0.3) is 10.9 Å². The van der Waals surface area contributed by atoms with Crippen molar-refractivity contribution in [3.05, 3.63) is 52.7 Å². The average molecular weight is 341 g/mol. The first-order chi connectivity index (χ1) is 10.2. The van der Waals surface area contributed by atoms with Crippen LogP contribution in [0.15, 0.2) is 52.7 Å². The van der Waals surface area contributed by atoms with Gasteiger partial charge in [-0.25, -0.2) is 9.97 Å². The van der Waals surface area contributed by atoms with Gasteiger partial charge in [0, 0.05) is 21.6 Å². The second-order valence-electron chi connectivity index (χ2n) is 4.99. The molecule has 0 saturated heterocycles. The normalized spacial score (nSPS) is 20.9. The molecule has 0 aliphatic heterocycles. The van der Waals surface area contributed by atoms with Crippen LogP contribution >= 0.6 is 15.9 Å². The quantitative estimate of drug-likeness (QED) is 0.902. The maximum Gasteiger partial charge on any atom is 0.223 e. The highest BCUT2D eigenvalue weighted by Crippen LogP contribution is 2.24. The van der Waals surface area contributed by atoms with E-state index in [1.54, 1.807) is 0 Å². The Hall–Kier alpha value is -2.19. The molecule has 104 valence electrons. The van der Waals surface area contributed by atoms with Gasteiger partial charge in [0.25, 0.3) is 0 Å². The summed E-state index contributed by atoms with van der Waals surface area (Å²) in [6.45, 7) is 2.06. The molecule has 0 saturated carbocycles. The van der Waals surface area contributed by atoms with Gasteiger partial charge in [0.05, 0.1) is 17.6 Å². The number of nitrogens with zero attached hydrogens (tertiary/aromatic N) is 3. The minimum absolute atomic E-state index is 0.0852. The summed E-state index contributed by atoms with van der Waals surface area (Å²) >= 11 is 3.51. The lowest BCUT2D eigenvalue weighted by Gasteiger charge is -2.22. The Bertz CT molecular complexity index is 788. The Morgan fingerprint density at radius 2 is 2.24 bits per heavy atom. The van der Waals surface area contributed by atoms with E-state index in [9.17, 15) is 0 Å². The minimum Gasteiger partial charge on any atom is -0.347 e. The molecule has 21 heavy (non-hydrogen) atoms. The Morgan fingerprint density at radius 1 is 1.38 bits per heavy atom. The van der Waals surface area contributed by atoms with Crippen molar-refractivity contribution in [3.8, 4) is 6.07 Å². The molecule has 1 N–H and O–H groups in total. The van der Waals surface area contributed by atoms with Crippen LogP contribution in [-0.2, 0) is 0 Å². The maximum atomic E-state index is 8.91. The number of fused-ring (bicyclic) bond motifs is 1. The van der Waals surface area contributed by atoms with Crippen LogP contribution in [0.1, 0.15) is 6.92 Å². The Morgan fingerprint density at radius 3 is 3.00 bits per heavy atom. The number of nitriles is 1. The summed E-state index contributed by atoms with van der Waals surface area (Å²) in [6, 6.07) is 8.15. The first-order valence-corrected chi connectivity index (χ1v) is 7.44. The molecule has 0 amide bonds. The molecule has 0 fully saturated rings. The van der Waals surface area contributed by atoms with Crippen LogP contribution in [0.3, 0.4) is 0 Å². The molecule has 1 aromatic carbocycles. The molecule has 0 spiro atoms. The van der Waals surface area contributed by atoms with Crippen molar-refractivity contribution in [2.24, 2.45) is 5.92 Å². The lowest BCUT2D eigenvalue weighted by atomic mass is 9.93. The van der Waals surface area contributed by atoms with Crippen molar-refractivity contribution in [2.45, 2.75) is 13.0 Å². The molecule has 3 rings (SSSR count). The number of para-hydroxylation sites is 1. The molecule has 1 aliphatic carbocycles. The van der Waals surface area contributed by atoms with Crippen LogP contribution in [0.4, 0.5) is 5.95 Å². The van der Waals surface area contributed by atoms with E-state index >= 15 is 0 Å². The highest BCUT2D eigenvalue weighted by atomic mass is 79.9. The van der Waals surface area contributed by atoms with Crippen molar-refractivity contribution in [2.75, 3.05) is 5.32 Å². The fourth-order valence-electron chi connectivity index (χ4n) is 2.32. The van der Waals surface area contributed by atoms with Crippen LogP contribution in [0.2, 0.25) is 0 Å². The summed E-state index contributed by atoms with van der Waals surface area (Å²) in [5, 5.41) is 13.2. The van der Waals surface area contributed by atoms with E-state index in [-0.39, 0.29) is 12.0 Å². The molecule has 1 heterocycles. The van der Waals surface area contributed by atoms with Crippen LogP contribution < -0.4 is 5.32 Å². The minimum atomic E-state index is 0.0852. The van der Waals surface area contributed by atoms with Crippen molar-refractivity contribution < 1.29 is 0 Å². The highest BCUT2D eigenvalue weighted by molar-refractivity contribution is 9.10. The number of anilines is 1. The van der Waals surface area contributed by atoms with Crippen molar-refractivity contribution in [1.29, 1.82) is 5.26 Å². The molecule has 2 atom stereocenters. The monoisotopic (exact) mass is 340 g/mol.